The molecule has 3 heterocycles. The molecule has 0 spiro atoms. The quantitative estimate of drug-likeness (QED) is 0.688. The molecule has 0 radical (unpaired) electrons. The van der Waals surface area contributed by atoms with E-state index in [1.54, 1.807) is 9.47 Å². The van der Waals surface area contributed by atoms with Crippen molar-refractivity contribution in [2.24, 2.45) is 0 Å². The minimum atomic E-state index is -1.20. The normalized spacial score (nSPS) is 24.8. The van der Waals surface area contributed by atoms with Crippen LogP contribution in [-0.2, 0) is 23.8 Å². The van der Waals surface area contributed by atoms with Crippen LogP contribution in [0.15, 0.2) is 12.7 Å². The first kappa shape index (κ1) is 19.0. The fourth-order valence-corrected chi connectivity index (χ4v) is 2.97. The Hall–Kier alpha value is -2.79. The zero-order valence-corrected chi connectivity index (χ0v) is 15.4. The molecule has 0 saturated carbocycles. The van der Waals surface area contributed by atoms with Gasteiger partial charge in [-0.15, -0.1) is 0 Å². The van der Waals surface area contributed by atoms with Crippen LogP contribution < -0.4 is 4.90 Å². The largest absolute Gasteiger partial charge is 0.463 e. The number of aromatic nitrogens is 4. The lowest BCUT2D eigenvalue weighted by Crippen LogP contribution is -2.38. The Morgan fingerprint density at radius 3 is 2.63 bits per heavy atom. The molecule has 27 heavy (non-hydrogen) atoms. The highest BCUT2D eigenvalue weighted by molar-refractivity contribution is 5.83. The van der Waals surface area contributed by atoms with Gasteiger partial charge in [-0.2, -0.15) is 0 Å². The van der Waals surface area contributed by atoms with Gasteiger partial charge < -0.3 is 24.2 Å². The van der Waals surface area contributed by atoms with Crippen LogP contribution in [0.1, 0.15) is 20.1 Å². The molecule has 1 fully saturated rings. The summed E-state index contributed by atoms with van der Waals surface area (Å²) in [6.07, 6.45) is -1.10. The molecular weight excluding hydrogens is 358 g/mol. The number of nitrogens with zero attached hydrogens (tertiary/aromatic N) is 5. The highest BCUT2D eigenvalue weighted by Crippen LogP contribution is 2.34. The number of hydrogen-bond donors (Lipinski definition) is 1. The first-order valence-corrected chi connectivity index (χ1v) is 8.28. The zero-order valence-electron chi connectivity index (χ0n) is 15.4. The summed E-state index contributed by atoms with van der Waals surface area (Å²) in [6.45, 7) is 2.32. The predicted molar refractivity (Wildman–Crippen MR) is 91.8 cm³/mol. The van der Waals surface area contributed by atoms with E-state index in [4.69, 9.17) is 14.2 Å². The van der Waals surface area contributed by atoms with Gasteiger partial charge in [-0.1, -0.05) is 0 Å². The van der Waals surface area contributed by atoms with E-state index in [1.165, 1.54) is 26.5 Å². The van der Waals surface area contributed by atoms with Crippen molar-refractivity contribution in [1.82, 2.24) is 19.5 Å². The SMILES string of the molecule is CC(=O)OCC1OC(n2cnc3c(N(C)C)ncnc32)C(O)C1OC(C)=O. The second kappa shape index (κ2) is 7.45. The number of aliphatic hydroxyl groups excluding tert-OH is 1. The van der Waals surface area contributed by atoms with Crippen LogP contribution in [0.3, 0.4) is 0 Å². The highest BCUT2D eigenvalue weighted by atomic mass is 16.6. The number of fused-ring (bicyclic) bond motifs is 1. The van der Waals surface area contributed by atoms with Crippen molar-refractivity contribution < 1.29 is 28.9 Å². The van der Waals surface area contributed by atoms with Gasteiger partial charge >= 0.3 is 11.9 Å². The van der Waals surface area contributed by atoms with Gasteiger partial charge in [0.15, 0.2) is 29.3 Å². The van der Waals surface area contributed by atoms with Crippen molar-refractivity contribution in [1.29, 1.82) is 0 Å². The minimum Gasteiger partial charge on any atom is -0.463 e. The molecule has 0 bridgehead atoms. The molecular formula is C16H21N5O6. The second-order valence-electron chi connectivity index (χ2n) is 6.35. The molecule has 146 valence electrons. The summed E-state index contributed by atoms with van der Waals surface area (Å²) in [5, 5.41) is 10.7. The van der Waals surface area contributed by atoms with E-state index in [2.05, 4.69) is 15.0 Å². The maximum Gasteiger partial charge on any atom is 0.303 e. The van der Waals surface area contributed by atoms with E-state index in [0.29, 0.717) is 17.0 Å². The zero-order chi connectivity index (χ0) is 19.7. The molecule has 2 aromatic heterocycles. The second-order valence-corrected chi connectivity index (χ2v) is 6.35. The third-order valence-corrected chi connectivity index (χ3v) is 4.10. The molecule has 2 aromatic rings. The molecule has 1 aliphatic rings. The molecule has 1 aliphatic heterocycles. The number of imidazole rings is 1. The van der Waals surface area contributed by atoms with E-state index in [9.17, 15) is 14.7 Å². The van der Waals surface area contributed by atoms with E-state index >= 15 is 0 Å². The van der Waals surface area contributed by atoms with Gasteiger partial charge in [0, 0.05) is 27.9 Å². The Labute approximate surface area is 154 Å². The van der Waals surface area contributed by atoms with Gasteiger partial charge in [-0.3, -0.25) is 14.2 Å². The van der Waals surface area contributed by atoms with Gasteiger partial charge in [-0.05, 0) is 0 Å². The van der Waals surface area contributed by atoms with Crippen molar-refractivity contribution in [3.05, 3.63) is 12.7 Å². The summed E-state index contributed by atoms with van der Waals surface area (Å²) >= 11 is 0. The minimum absolute atomic E-state index is 0.161. The van der Waals surface area contributed by atoms with Crippen molar-refractivity contribution in [3.8, 4) is 0 Å². The molecule has 1 saturated heterocycles. The Bertz CT molecular complexity index is 853. The van der Waals surface area contributed by atoms with E-state index in [0.717, 1.165) is 0 Å². The summed E-state index contributed by atoms with van der Waals surface area (Å²) < 4.78 is 17.5. The van der Waals surface area contributed by atoms with Crippen LogP contribution in [0.25, 0.3) is 11.2 Å². The third kappa shape index (κ3) is 3.69. The number of anilines is 1. The number of hydrogen-bond acceptors (Lipinski definition) is 10. The van der Waals surface area contributed by atoms with E-state index in [-0.39, 0.29) is 6.61 Å². The molecule has 3 rings (SSSR count). The lowest BCUT2D eigenvalue weighted by atomic mass is 10.1. The maximum atomic E-state index is 11.4. The standard InChI is InChI=1S/C16H21N5O6/c1-8(22)25-5-10-13(26-9(2)23)12(24)16(27-10)21-7-19-11-14(20(3)4)17-6-18-15(11)21/h6-7,10,12-13,16,24H,5H2,1-4H3. The number of aliphatic hydroxyl groups is 1. The van der Waals surface area contributed by atoms with Crippen molar-refractivity contribution >= 4 is 28.9 Å². The van der Waals surface area contributed by atoms with Gasteiger partial charge in [0.2, 0.25) is 0 Å². The molecule has 0 aliphatic carbocycles. The van der Waals surface area contributed by atoms with Crippen LogP contribution in [0.5, 0.6) is 0 Å². The monoisotopic (exact) mass is 379 g/mol. The van der Waals surface area contributed by atoms with Crippen molar-refractivity contribution in [2.45, 2.75) is 38.4 Å². The Morgan fingerprint density at radius 1 is 1.26 bits per heavy atom. The van der Waals surface area contributed by atoms with Gasteiger partial charge in [-0.25, -0.2) is 15.0 Å². The summed E-state index contributed by atoms with van der Waals surface area (Å²) in [5.74, 6) is -0.474. The fraction of sp³-hybridized carbons (Fsp3) is 0.562. The topological polar surface area (TPSA) is 129 Å². The molecule has 0 aromatic carbocycles. The average molecular weight is 379 g/mol. The first-order chi connectivity index (χ1) is 12.8. The summed E-state index contributed by atoms with van der Waals surface area (Å²) in [6, 6.07) is 0. The van der Waals surface area contributed by atoms with Crippen LogP contribution in [0.4, 0.5) is 5.82 Å². The van der Waals surface area contributed by atoms with Crippen molar-refractivity contribution in [3.63, 3.8) is 0 Å². The van der Waals surface area contributed by atoms with Gasteiger partial charge in [0.05, 0.1) is 6.33 Å². The van der Waals surface area contributed by atoms with Crippen LogP contribution in [0.2, 0.25) is 0 Å². The Kier molecular flexibility index (Phi) is 5.24. The third-order valence-electron chi connectivity index (χ3n) is 4.10. The lowest BCUT2D eigenvalue weighted by molar-refractivity contribution is -0.157. The van der Waals surface area contributed by atoms with Crippen molar-refractivity contribution in [2.75, 3.05) is 25.6 Å². The van der Waals surface area contributed by atoms with E-state index < -0.39 is 36.5 Å². The summed E-state index contributed by atoms with van der Waals surface area (Å²) in [7, 11) is 3.65. The highest BCUT2D eigenvalue weighted by Gasteiger charge is 2.48. The lowest BCUT2D eigenvalue weighted by Gasteiger charge is -2.19. The number of esters is 2. The predicted octanol–water partition coefficient (Wildman–Crippen LogP) is -0.355. The smallest absolute Gasteiger partial charge is 0.303 e. The summed E-state index contributed by atoms with van der Waals surface area (Å²) in [5.41, 5.74) is 0.984. The van der Waals surface area contributed by atoms with Gasteiger partial charge in [0.1, 0.15) is 25.1 Å². The summed E-state index contributed by atoms with van der Waals surface area (Å²) in [4.78, 5) is 37.1. The van der Waals surface area contributed by atoms with Crippen LogP contribution >= 0.6 is 0 Å². The van der Waals surface area contributed by atoms with E-state index in [1.807, 2.05) is 14.1 Å². The number of rotatable bonds is 5. The number of carbonyl (C=O) groups excluding carboxylic acids is 2. The maximum absolute atomic E-state index is 11.4. The first-order valence-electron chi connectivity index (χ1n) is 8.28. The Balaban J connectivity index is 1.94. The molecule has 0 amide bonds. The molecule has 4 unspecified atom stereocenters. The number of ether oxygens (including phenoxy) is 3. The Morgan fingerprint density at radius 2 is 2.00 bits per heavy atom. The molecule has 4 atom stereocenters. The number of carbonyl (C=O) groups is 2. The molecule has 1 N–H and O–H groups in total. The van der Waals surface area contributed by atoms with Crippen LogP contribution in [0, 0.1) is 0 Å². The van der Waals surface area contributed by atoms with Gasteiger partial charge in [0.25, 0.3) is 0 Å². The molecule has 11 heteroatoms. The fourth-order valence-electron chi connectivity index (χ4n) is 2.97. The molecule has 11 nitrogen and oxygen atoms in total. The average Bonchev–Trinajstić information content (AvgIpc) is 3.14. The van der Waals surface area contributed by atoms with Crippen LogP contribution in [-0.4, -0.2) is 75.6 Å².